The molecule has 2 unspecified atom stereocenters. The number of sulfonamides is 1. The van der Waals surface area contributed by atoms with Gasteiger partial charge in [0.15, 0.2) is 0 Å². The number of nitrogens with zero attached hydrogens (tertiary/aromatic N) is 2. The van der Waals surface area contributed by atoms with Gasteiger partial charge in [-0.3, -0.25) is 4.90 Å². The number of piperazine rings is 1. The van der Waals surface area contributed by atoms with Crippen molar-refractivity contribution in [1.29, 1.82) is 0 Å². The highest BCUT2D eigenvalue weighted by atomic mass is 32.2. The highest BCUT2D eigenvalue weighted by Gasteiger charge is 2.36. The molecule has 0 N–H and O–H groups in total. The molecule has 1 saturated heterocycles. The molecule has 0 spiro atoms. The molecular weight excluding hydrogens is 344 g/mol. The fourth-order valence-corrected chi connectivity index (χ4v) is 5.66. The van der Waals surface area contributed by atoms with Crippen LogP contribution in [0.25, 0.3) is 0 Å². The van der Waals surface area contributed by atoms with E-state index >= 15 is 0 Å². The molecule has 2 aromatic carbocycles. The first-order valence-corrected chi connectivity index (χ1v) is 10.7. The van der Waals surface area contributed by atoms with Crippen molar-refractivity contribution >= 4 is 10.0 Å². The Morgan fingerprint density at radius 3 is 2.12 bits per heavy atom. The fraction of sp³-hybridized carbons (Fsp3) is 0.429. The van der Waals surface area contributed by atoms with E-state index in [1.54, 1.807) is 16.4 Å². The topological polar surface area (TPSA) is 40.6 Å². The Labute approximate surface area is 157 Å². The molecule has 0 bridgehead atoms. The van der Waals surface area contributed by atoms with Crippen LogP contribution in [0.5, 0.6) is 0 Å². The summed E-state index contributed by atoms with van der Waals surface area (Å²) in [5.74, 6) is 0. The summed E-state index contributed by atoms with van der Waals surface area (Å²) in [5, 5.41) is 0. The number of aryl methyl sites for hydroxylation is 1. The van der Waals surface area contributed by atoms with Crippen LogP contribution in [0.2, 0.25) is 0 Å². The number of hydrogen-bond acceptors (Lipinski definition) is 3. The van der Waals surface area contributed by atoms with Crippen LogP contribution < -0.4 is 0 Å². The van der Waals surface area contributed by atoms with E-state index in [0.29, 0.717) is 18.0 Å². The van der Waals surface area contributed by atoms with Gasteiger partial charge in [-0.15, -0.1) is 0 Å². The molecule has 0 saturated carbocycles. The minimum Gasteiger partial charge on any atom is -0.295 e. The lowest BCUT2D eigenvalue weighted by Gasteiger charge is -2.44. The van der Waals surface area contributed by atoms with Gasteiger partial charge in [-0.1, -0.05) is 48.5 Å². The minimum atomic E-state index is -3.44. The zero-order valence-corrected chi connectivity index (χ0v) is 16.6. The van der Waals surface area contributed by atoms with Crippen LogP contribution in [0.3, 0.4) is 0 Å². The molecular formula is C21H28N2O2S. The van der Waals surface area contributed by atoms with Crippen LogP contribution in [-0.2, 0) is 16.4 Å². The quantitative estimate of drug-likeness (QED) is 0.808. The third-order valence-corrected chi connectivity index (χ3v) is 7.27. The van der Waals surface area contributed by atoms with Crippen molar-refractivity contribution in [2.75, 3.05) is 19.6 Å². The van der Waals surface area contributed by atoms with Gasteiger partial charge in [0.1, 0.15) is 0 Å². The molecule has 2 aromatic rings. The number of rotatable bonds is 5. The maximum atomic E-state index is 13.1. The van der Waals surface area contributed by atoms with Gasteiger partial charge in [0.2, 0.25) is 10.0 Å². The molecule has 1 heterocycles. The van der Waals surface area contributed by atoms with E-state index in [2.05, 4.69) is 43.0 Å². The van der Waals surface area contributed by atoms with Crippen molar-refractivity contribution in [3.05, 3.63) is 65.7 Å². The predicted molar refractivity (Wildman–Crippen MR) is 106 cm³/mol. The Morgan fingerprint density at radius 1 is 0.923 bits per heavy atom. The largest absolute Gasteiger partial charge is 0.295 e. The molecule has 3 rings (SSSR count). The summed E-state index contributed by atoms with van der Waals surface area (Å²) in [6.45, 7) is 8.13. The normalized spacial score (nSPS) is 22.4. The van der Waals surface area contributed by atoms with E-state index in [4.69, 9.17) is 0 Å². The second-order valence-electron chi connectivity index (χ2n) is 7.26. The average Bonchev–Trinajstić information content (AvgIpc) is 2.62. The Hall–Kier alpha value is -1.69. The number of hydrogen-bond donors (Lipinski definition) is 0. The smallest absolute Gasteiger partial charge is 0.243 e. The first-order valence-electron chi connectivity index (χ1n) is 9.25. The minimum absolute atomic E-state index is 0.196. The van der Waals surface area contributed by atoms with Crippen LogP contribution in [-0.4, -0.2) is 49.3 Å². The van der Waals surface area contributed by atoms with E-state index in [-0.39, 0.29) is 12.1 Å². The van der Waals surface area contributed by atoms with Crippen molar-refractivity contribution in [1.82, 2.24) is 9.21 Å². The number of benzene rings is 2. The molecule has 0 radical (unpaired) electrons. The molecule has 1 aliphatic rings. The van der Waals surface area contributed by atoms with Crippen LogP contribution in [0.1, 0.15) is 25.0 Å². The Morgan fingerprint density at radius 2 is 1.50 bits per heavy atom. The lowest BCUT2D eigenvalue weighted by molar-refractivity contribution is 0.0783. The molecule has 0 amide bonds. The van der Waals surface area contributed by atoms with Gasteiger partial charge in [-0.2, -0.15) is 4.31 Å². The molecule has 1 fully saturated rings. The first kappa shape index (κ1) is 19.1. The van der Waals surface area contributed by atoms with Gasteiger partial charge >= 0.3 is 0 Å². The average molecular weight is 373 g/mol. The van der Waals surface area contributed by atoms with E-state index in [1.165, 1.54) is 5.56 Å². The van der Waals surface area contributed by atoms with Crippen molar-refractivity contribution in [2.24, 2.45) is 0 Å². The summed E-state index contributed by atoms with van der Waals surface area (Å²) in [7, 11) is -3.44. The first-order chi connectivity index (χ1) is 12.4. The van der Waals surface area contributed by atoms with Gasteiger partial charge in [0, 0.05) is 31.7 Å². The highest BCUT2D eigenvalue weighted by Crippen LogP contribution is 2.25. The predicted octanol–water partition coefficient (Wildman–Crippen LogP) is 3.32. The lowest BCUT2D eigenvalue weighted by Crippen LogP contribution is -2.58. The maximum Gasteiger partial charge on any atom is 0.243 e. The summed E-state index contributed by atoms with van der Waals surface area (Å²) < 4.78 is 27.8. The summed E-state index contributed by atoms with van der Waals surface area (Å²) in [6, 6.07) is 18.1. The Balaban J connectivity index is 1.71. The van der Waals surface area contributed by atoms with Crippen molar-refractivity contribution in [3.8, 4) is 0 Å². The molecule has 2 atom stereocenters. The van der Waals surface area contributed by atoms with E-state index in [9.17, 15) is 8.42 Å². The zero-order valence-electron chi connectivity index (χ0n) is 15.8. The van der Waals surface area contributed by atoms with Crippen LogP contribution >= 0.6 is 0 Å². The monoisotopic (exact) mass is 372 g/mol. The van der Waals surface area contributed by atoms with E-state index < -0.39 is 10.0 Å². The van der Waals surface area contributed by atoms with Crippen molar-refractivity contribution < 1.29 is 8.42 Å². The Bertz CT molecular complexity index is 824. The molecule has 4 nitrogen and oxygen atoms in total. The standard InChI is InChI=1S/C21H28N2O2S/c1-17-9-7-8-12-21(17)26(24,25)22-15-18(2)23(19(3)16-22)14-13-20-10-5-4-6-11-20/h4-12,18-19H,13-16H2,1-3H3. The summed E-state index contributed by atoms with van der Waals surface area (Å²) in [6.07, 6.45) is 0.986. The van der Waals surface area contributed by atoms with Crippen molar-refractivity contribution in [2.45, 2.75) is 44.2 Å². The van der Waals surface area contributed by atoms with E-state index in [0.717, 1.165) is 18.5 Å². The third kappa shape index (κ3) is 4.00. The second-order valence-corrected chi connectivity index (χ2v) is 9.17. The molecule has 0 aliphatic carbocycles. The third-order valence-electron chi connectivity index (χ3n) is 5.28. The van der Waals surface area contributed by atoms with Crippen LogP contribution in [0.4, 0.5) is 0 Å². The van der Waals surface area contributed by atoms with E-state index in [1.807, 2.05) is 25.1 Å². The highest BCUT2D eigenvalue weighted by molar-refractivity contribution is 7.89. The van der Waals surface area contributed by atoms with Gasteiger partial charge in [0.05, 0.1) is 4.90 Å². The van der Waals surface area contributed by atoms with Gasteiger partial charge in [0.25, 0.3) is 0 Å². The SMILES string of the molecule is Cc1ccccc1S(=O)(=O)N1CC(C)N(CCc2ccccc2)C(C)C1. The van der Waals surface area contributed by atoms with Gasteiger partial charge in [-0.25, -0.2) is 8.42 Å². The molecule has 1 aliphatic heterocycles. The van der Waals surface area contributed by atoms with Crippen LogP contribution in [0.15, 0.2) is 59.5 Å². The fourth-order valence-electron chi connectivity index (χ4n) is 3.83. The van der Waals surface area contributed by atoms with Gasteiger partial charge < -0.3 is 0 Å². The lowest BCUT2D eigenvalue weighted by atomic mass is 10.1. The Kier molecular flexibility index (Phi) is 5.80. The molecule has 0 aromatic heterocycles. The summed E-state index contributed by atoms with van der Waals surface area (Å²) in [5.41, 5.74) is 2.13. The molecule has 26 heavy (non-hydrogen) atoms. The second kappa shape index (κ2) is 7.91. The molecule has 140 valence electrons. The zero-order chi connectivity index (χ0) is 18.7. The van der Waals surface area contributed by atoms with Crippen LogP contribution in [0, 0.1) is 6.92 Å². The summed E-state index contributed by atoms with van der Waals surface area (Å²) in [4.78, 5) is 2.86. The summed E-state index contributed by atoms with van der Waals surface area (Å²) >= 11 is 0. The van der Waals surface area contributed by atoms with Gasteiger partial charge in [-0.05, 0) is 44.4 Å². The molecule has 5 heteroatoms. The van der Waals surface area contributed by atoms with Crippen molar-refractivity contribution in [3.63, 3.8) is 0 Å². The maximum absolute atomic E-state index is 13.1.